The molecule has 7 heteroatoms. The molecule has 156 valence electrons. The number of likely N-dealkylation sites (tertiary alicyclic amines) is 1. The van der Waals surface area contributed by atoms with Gasteiger partial charge in [0, 0.05) is 25.7 Å². The van der Waals surface area contributed by atoms with E-state index >= 15 is 0 Å². The molecule has 3 heterocycles. The van der Waals surface area contributed by atoms with Gasteiger partial charge in [-0.05, 0) is 43.2 Å². The third-order valence-corrected chi connectivity index (χ3v) is 6.58. The number of hydrogen-bond donors (Lipinski definition) is 0. The lowest BCUT2D eigenvalue weighted by atomic mass is 9.99. The fourth-order valence-electron chi connectivity index (χ4n) is 4.35. The van der Waals surface area contributed by atoms with Gasteiger partial charge in [-0.25, -0.2) is 9.78 Å². The lowest BCUT2D eigenvalue weighted by molar-refractivity contribution is 0.103. The van der Waals surface area contributed by atoms with Crippen LogP contribution in [-0.4, -0.2) is 58.9 Å². The third kappa shape index (κ3) is 4.61. The molecule has 30 heavy (non-hydrogen) atoms. The van der Waals surface area contributed by atoms with Crippen LogP contribution in [0, 0.1) is 11.3 Å². The van der Waals surface area contributed by atoms with E-state index in [1.54, 1.807) is 0 Å². The molecule has 4 rings (SSSR count). The van der Waals surface area contributed by atoms with E-state index in [1.165, 1.54) is 17.3 Å². The first-order valence-electron chi connectivity index (χ1n) is 10.3. The van der Waals surface area contributed by atoms with Gasteiger partial charge in [0.15, 0.2) is 0 Å². The molecule has 2 aliphatic rings. The molecule has 2 aromatic rings. The molecule has 1 unspecified atom stereocenters. The fourth-order valence-corrected chi connectivity index (χ4v) is 4.90. The summed E-state index contributed by atoms with van der Waals surface area (Å²) in [6.45, 7) is 3.08. The van der Waals surface area contributed by atoms with Gasteiger partial charge in [0.05, 0.1) is 17.3 Å². The minimum atomic E-state index is -0.173. The lowest BCUT2D eigenvalue weighted by Gasteiger charge is -2.37. The highest BCUT2D eigenvalue weighted by molar-refractivity contribution is 7.98. The first-order valence-corrected chi connectivity index (χ1v) is 11.6. The van der Waals surface area contributed by atoms with Crippen molar-refractivity contribution in [1.29, 1.82) is 5.26 Å². The van der Waals surface area contributed by atoms with E-state index in [-0.39, 0.29) is 18.2 Å². The number of thioether (sulfide) groups is 1. The van der Waals surface area contributed by atoms with E-state index in [9.17, 15) is 10.1 Å². The molecule has 0 spiro atoms. The molecule has 1 aromatic heterocycles. The van der Waals surface area contributed by atoms with Crippen molar-refractivity contribution >= 4 is 17.9 Å². The number of amides is 1. The number of carbonyl (C=O) groups is 1. The van der Waals surface area contributed by atoms with Gasteiger partial charge < -0.3 is 4.74 Å². The Labute approximate surface area is 181 Å². The van der Waals surface area contributed by atoms with Crippen LogP contribution < -0.4 is 0 Å². The molecular weight excluding hydrogens is 396 g/mol. The quantitative estimate of drug-likeness (QED) is 0.661. The maximum absolute atomic E-state index is 12.4. The minimum absolute atomic E-state index is 0.112. The molecule has 2 aliphatic heterocycles. The number of piperidine rings is 1. The van der Waals surface area contributed by atoms with Crippen LogP contribution in [0.4, 0.5) is 4.79 Å². The van der Waals surface area contributed by atoms with E-state index in [0.29, 0.717) is 12.2 Å². The number of pyridine rings is 1. The van der Waals surface area contributed by atoms with E-state index in [2.05, 4.69) is 28.1 Å². The molecule has 1 atom stereocenters. The second-order valence-corrected chi connectivity index (χ2v) is 8.60. The molecule has 6 nitrogen and oxygen atoms in total. The SMILES string of the molecule is CSc1nc(CN2CCC(N3C(=O)OCC3Cc3ccccc3)CC2)ccc1C#N. The Morgan fingerprint density at radius 2 is 1.97 bits per heavy atom. The van der Waals surface area contributed by atoms with Crippen molar-refractivity contribution in [1.82, 2.24) is 14.8 Å². The van der Waals surface area contributed by atoms with Crippen molar-refractivity contribution in [2.24, 2.45) is 0 Å². The highest BCUT2D eigenvalue weighted by Gasteiger charge is 2.39. The van der Waals surface area contributed by atoms with Crippen LogP contribution in [0.25, 0.3) is 0 Å². The number of aromatic nitrogens is 1. The van der Waals surface area contributed by atoms with Crippen molar-refractivity contribution in [3.05, 3.63) is 59.3 Å². The number of ether oxygens (including phenoxy) is 1. The lowest BCUT2D eigenvalue weighted by Crippen LogP contribution is -2.49. The van der Waals surface area contributed by atoms with E-state index in [4.69, 9.17) is 4.74 Å². The largest absolute Gasteiger partial charge is 0.447 e. The number of nitriles is 1. The van der Waals surface area contributed by atoms with Gasteiger partial charge >= 0.3 is 6.09 Å². The zero-order valence-electron chi connectivity index (χ0n) is 17.2. The summed E-state index contributed by atoms with van der Waals surface area (Å²) in [6.07, 6.45) is 4.48. The number of cyclic esters (lactones) is 1. The van der Waals surface area contributed by atoms with Gasteiger partial charge in [-0.3, -0.25) is 9.80 Å². The van der Waals surface area contributed by atoms with Crippen LogP contribution in [0.1, 0.15) is 29.7 Å². The highest BCUT2D eigenvalue weighted by atomic mass is 32.2. The van der Waals surface area contributed by atoms with Crippen LogP contribution in [-0.2, 0) is 17.7 Å². The number of carbonyl (C=O) groups excluding carboxylic acids is 1. The van der Waals surface area contributed by atoms with Gasteiger partial charge in [0.2, 0.25) is 0 Å². The number of nitrogens with zero attached hydrogens (tertiary/aromatic N) is 4. The molecule has 1 aromatic carbocycles. The molecule has 0 saturated carbocycles. The summed E-state index contributed by atoms with van der Waals surface area (Å²) in [5.74, 6) is 0. The second-order valence-electron chi connectivity index (χ2n) is 7.81. The van der Waals surface area contributed by atoms with Gasteiger partial charge in [0.1, 0.15) is 17.7 Å². The Morgan fingerprint density at radius 3 is 2.67 bits per heavy atom. The van der Waals surface area contributed by atoms with Crippen molar-refractivity contribution in [3.8, 4) is 6.07 Å². The zero-order chi connectivity index (χ0) is 20.9. The average molecular weight is 423 g/mol. The summed E-state index contributed by atoms with van der Waals surface area (Å²) in [4.78, 5) is 21.4. The normalized spacial score (nSPS) is 20.2. The summed E-state index contributed by atoms with van der Waals surface area (Å²) in [5, 5.41) is 9.96. The number of hydrogen-bond acceptors (Lipinski definition) is 6. The van der Waals surface area contributed by atoms with Crippen molar-refractivity contribution in [2.45, 2.75) is 42.9 Å². The highest BCUT2D eigenvalue weighted by Crippen LogP contribution is 2.27. The van der Waals surface area contributed by atoms with Crippen molar-refractivity contribution in [3.63, 3.8) is 0 Å². The van der Waals surface area contributed by atoms with Gasteiger partial charge in [-0.1, -0.05) is 30.3 Å². The van der Waals surface area contributed by atoms with E-state index in [0.717, 1.165) is 49.6 Å². The standard InChI is InChI=1S/C23H26N4O2S/c1-30-22-18(14-24)7-8-19(25-22)15-26-11-9-20(10-12-26)27-21(16-29-23(27)28)13-17-5-3-2-4-6-17/h2-8,20-21H,9-13,15-16H2,1H3. The van der Waals surface area contributed by atoms with Crippen LogP contribution in [0.3, 0.4) is 0 Å². The van der Waals surface area contributed by atoms with Crippen LogP contribution in [0.2, 0.25) is 0 Å². The Kier molecular flexibility index (Phi) is 6.56. The molecule has 0 aliphatic carbocycles. The average Bonchev–Trinajstić information content (AvgIpc) is 3.14. The van der Waals surface area contributed by atoms with Crippen molar-refractivity contribution in [2.75, 3.05) is 26.0 Å². The topological polar surface area (TPSA) is 69.5 Å². The summed E-state index contributed by atoms with van der Waals surface area (Å²) >= 11 is 1.50. The Bertz CT molecular complexity index is 923. The maximum atomic E-state index is 12.4. The summed E-state index contributed by atoms with van der Waals surface area (Å²) in [7, 11) is 0. The van der Waals surface area contributed by atoms with Crippen LogP contribution in [0.15, 0.2) is 47.5 Å². The predicted molar refractivity (Wildman–Crippen MR) is 116 cm³/mol. The van der Waals surface area contributed by atoms with Crippen LogP contribution in [0.5, 0.6) is 0 Å². The Balaban J connectivity index is 1.35. The smallest absolute Gasteiger partial charge is 0.410 e. The van der Waals surface area contributed by atoms with Gasteiger partial charge in [-0.15, -0.1) is 11.8 Å². The fraction of sp³-hybridized carbons (Fsp3) is 0.435. The van der Waals surface area contributed by atoms with Gasteiger partial charge in [0.25, 0.3) is 0 Å². The molecular formula is C23H26N4O2S. The predicted octanol–water partition coefficient (Wildman–Crippen LogP) is 3.70. The van der Waals surface area contributed by atoms with E-state index in [1.807, 2.05) is 41.5 Å². The van der Waals surface area contributed by atoms with Crippen LogP contribution >= 0.6 is 11.8 Å². The first kappa shape index (κ1) is 20.7. The second kappa shape index (κ2) is 9.50. The molecule has 0 N–H and O–H groups in total. The van der Waals surface area contributed by atoms with Gasteiger partial charge in [-0.2, -0.15) is 5.26 Å². The number of rotatable bonds is 6. The monoisotopic (exact) mass is 422 g/mol. The summed E-state index contributed by atoms with van der Waals surface area (Å²) < 4.78 is 5.41. The molecule has 1 amide bonds. The summed E-state index contributed by atoms with van der Waals surface area (Å²) in [6, 6.07) is 16.6. The summed E-state index contributed by atoms with van der Waals surface area (Å²) in [5.41, 5.74) is 2.85. The molecule has 0 bridgehead atoms. The Hall–Kier alpha value is -2.56. The minimum Gasteiger partial charge on any atom is -0.447 e. The zero-order valence-corrected chi connectivity index (χ0v) is 18.0. The maximum Gasteiger partial charge on any atom is 0.410 e. The molecule has 0 radical (unpaired) electrons. The van der Waals surface area contributed by atoms with E-state index < -0.39 is 0 Å². The Morgan fingerprint density at radius 1 is 1.20 bits per heavy atom. The third-order valence-electron chi connectivity index (χ3n) is 5.89. The van der Waals surface area contributed by atoms with Crippen molar-refractivity contribution < 1.29 is 9.53 Å². The first-order chi connectivity index (χ1) is 14.7. The molecule has 2 saturated heterocycles. The molecule has 2 fully saturated rings. The number of benzene rings is 1.